The molecule has 0 aliphatic heterocycles. The first-order valence-corrected chi connectivity index (χ1v) is 19.8. The maximum Gasteiger partial charge on any atom is 0.329 e. The third-order valence-electron chi connectivity index (χ3n) is 9.48. The Kier molecular flexibility index (Phi) is 11.2. The zero-order valence-corrected chi connectivity index (χ0v) is 29.3. The molecule has 0 fully saturated rings. The van der Waals surface area contributed by atoms with Crippen LogP contribution in [0.2, 0.25) is 0 Å². The summed E-state index contributed by atoms with van der Waals surface area (Å²) in [5, 5.41) is -2.59. The van der Waals surface area contributed by atoms with E-state index in [9.17, 15) is 16.8 Å². The summed E-state index contributed by atoms with van der Waals surface area (Å²) in [5.74, 6) is 0. The standard InChI is InChI=1S/C40H42N2O4S2/c1-5-29-17-21-37(22-18-29)47(43,44)39(41-3)27-35-25-34-12-8-10-32-15-13-31(14-16-32)9-7-11-33(35)26-36(34)28-40(42-4)48(45,46)38-23-19-30(6-2)20-24-38/h13-26,39-40H,5-12,27-28H2,1-2H3. The van der Waals surface area contributed by atoms with Gasteiger partial charge in [-0.15, -0.1) is 0 Å². The molecule has 0 heterocycles. The Labute approximate surface area is 286 Å². The molecule has 0 saturated heterocycles. The highest BCUT2D eigenvalue weighted by Crippen LogP contribution is 2.30. The van der Waals surface area contributed by atoms with Gasteiger partial charge in [-0.05, 0) is 120 Å². The van der Waals surface area contributed by atoms with Crippen LogP contribution in [0.5, 0.6) is 0 Å². The quantitative estimate of drug-likeness (QED) is 0.159. The summed E-state index contributed by atoms with van der Waals surface area (Å²) in [6.45, 7) is 19.9. The maximum absolute atomic E-state index is 13.7. The fourth-order valence-electron chi connectivity index (χ4n) is 6.44. The van der Waals surface area contributed by atoms with E-state index in [0.717, 1.165) is 71.9 Å². The molecule has 0 amide bonds. The number of benzene rings is 4. The van der Waals surface area contributed by atoms with Crippen molar-refractivity contribution in [3.8, 4) is 0 Å². The summed E-state index contributed by atoms with van der Waals surface area (Å²) >= 11 is 0. The van der Waals surface area contributed by atoms with Crippen molar-refractivity contribution in [2.75, 3.05) is 0 Å². The Bertz CT molecular complexity index is 1890. The number of rotatable bonds is 10. The van der Waals surface area contributed by atoms with Crippen molar-refractivity contribution in [3.05, 3.63) is 152 Å². The molecule has 2 unspecified atom stereocenters. The highest BCUT2D eigenvalue weighted by atomic mass is 32.2. The van der Waals surface area contributed by atoms with Crippen LogP contribution in [0.1, 0.15) is 71.2 Å². The van der Waals surface area contributed by atoms with Crippen molar-refractivity contribution in [1.29, 1.82) is 0 Å². The lowest BCUT2D eigenvalue weighted by molar-refractivity contribution is 0.584. The van der Waals surface area contributed by atoms with E-state index in [2.05, 4.69) is 34.0 Å². The Hall–Kier alpha value is -4.24. The van der Waals surface area contributed by atoms with Gasteiger partial charge in [-0.3, -0.25) is 9.69 Å². The van der Waals surface area contributed by atoms with E-state index in [4.69, 9.17) is 13.1 Å². The molecule has 0 N–H and O–H groups in total. The van der Waals surface area contributed by atoms with Crippen molar-refractivity contribution in [1.82, 2.24) is 0 Å². The van der Waals surface area contributed by atoms with Gasteiger partial charge in [-0.1, -0.05) is 74.5 Å². The van der Waals surface area contributed by atoms with Gasteiger partial charge in [0.1, 0.15) is 0 Å². The van der Waals surface area contributed by atoms with Gasteiger partial charge < -0.3 is 0 Å². The molecule has 0 aromatic heterocycles. The van der Waals surface area contributed by atoms with Crippen molar-refractivity contribution < 1.29 is 16.8 Å². The average molecular weight is 679 g/mol. The molecule has 0 saturated carbocycles. The lowest BCUT2D eigenvalue weighted by Crippen LogP contribution is -2.23. The zero-order valence-electron chi connectivity index (χ0n) is 27.7. The third kappa shape index (κ3) is 7.89. The topological polar surface area (TPSA) is 77.0 Å². The highest BCUT2D eigenvalue weighted by Gasteiger charge is 2.36. The molecule has 2 atom stereocenters. The predicted molar refractivity (Wildman–Crippen MR) is 191 cm³/mol. The summed E-state index contributed by atoms with van der Waals surface area (Å²) < 4.78 is 54.9. The van der Waals surface area contributed by atoms with Crippen molar-refractivity contribution in [2.24, 2.45) is 0 Å². The largest absolute Gasteiger partial charge is 0.329 e. The first-order chi connectivity index (χ1) is 23.1. The molecule has 4 bridgehead atoms. The highest BCUT2D eigenvalue weighted by molar-refractivity contribution is 7.92. The Morgan fingerprint density at radius 2 is 0.917 bits per heavy atom. The van der Waals surface area contributed by atoms with Crippen molar-refractivity contribution in [2.45, 2.75) is 98.6 Å². The third-order valence-corrected chi connectivity index (χ3v) is 13.3. The van der Waals surface area contributed by atoms with Gasteiger partial charge >= 0.3 is 10.7 Å². The molecule has 4 aromatic carbocycles. The van der Waals surface area contributed by atoms with Crippen LogP contribution in [0.4, 0.5) is 0 Å². The van der Waals surface area contributed by atoms with Crippen molar-refractivity contribution in [3.63, 3.8) is 0 Å². The predicted octanol–water partition coefficient (Wildman–Crippen LogP) is 8.00. The van der Waals surface area contributed by atoms with Crippen LogP contribution in [0.25, 0.3) is 9.69 Å². The lowest BCUT2D eigenvalue weighted by atomic mass is 9.89. The maximum atomic E-state index is 13.7. The summed E-state index contributed by atoms with van der Waals surface area (Å²) in [7, 11) is -7.87. The zero-order chi connectivity index (χ0) is 34.3. The van der Waals surface area contributed by atoms with Crippen LogP contribution in [0.3, 0.4) is 0 Å². The van der Waals surface area contributed by atoms with Crippen molar-refractivity contribution >= 4 is 19.7 Å². The van der Waals surface area contributed by atoms with E-state index in [1.165, 1.54) is 11.1 Å². The van der Waals surface area contributed by atoms with Gasteiger partial charge in [0, 0.05) is 0 Å². The summed E-state index contributed by atoms with van der Waals surface area (Å²) in [6.07, 6.45) is 6.17. The van der Waals surface area contributed by atoms with E-state index >= 15 is 0 Å². The molecule has 4 aliphatic rings. The normalized spacial score (nSPS) is 14.8. The lowest BCUT2D eigenvalue weighted by Gasteiger charge is -2.19. The van der Waals surface area contributed by atoms with E-state index in [0.29, 0.717) is 12.8 Å². The van der Waals surface area contributed by atoms with Crippen LogP contribution < -0.4 is 0 Å². The van der Waals surface area contributed by atoms with E-state index < -0.39 is 30.4 Å². The molecule has 4 aliphatic carbocycles. The number of aryl methyl sites for hydroxylation is 6. The van der Waals surface area contributed by atoms with Crippen LogP contribution in [0, 0.1) is 13.1 Å². The molecule has 6 nitrogen and oxygen atoms in total. The van der Waals surface area contributed by atoms with Gasteiger partial charge in [0.15, 0.2) is 0 Å². The van der Waals surface area contributed by atoms with Gasteiger partial charge in [0.2, 0.25) is 0 Å². The Morgan fingerprint density at radius 1 is 0.562 bits per heavy atom. The molecular weight excluding hydrogens is 637 g/mol. The molecule has 8 heteroatoms. The van der Waals surface area contributed by atoms with Gasteiger partial charge in [-0.25, -0.2) is 30.0 Å². The fourth-order valence-corrected chi connectivity index (χ4v) is 9.18. The molecular formula is C40H42N2O4S2. The molecule has 248 valence electrons. The molecule has 4 aromatic rings. The van der Waals surface area contributed by atoms with Crippen LogP contribution >= 0.6 is 0 Å². The summed E-state index contributed by atoms with van der Waals surface area (Å²) in [4.78, 5) is 7.55. The second-order valence-corrected chi connectivity index (χ2v) is 16.8. The van der Waals surface area contributed by atoms with Crippen LogP contribution in [0.15, 0.2) is 94.7 Å². The summed E-state index contributed by atoms with van der Waals surface area (Å²) in [5.41, 5.74) is 7.90. The minimum absolute atomic E-state index is 0.0338. The second-order valence-electron chi connectivity index (χ2n) is 12.6. The summed E-state index contributed by atoms with van der Waals surface area (Å²) in [6, 6.07) is 26.2. The molecule has 8 rings (SSSR count). The molecule has 0 radical (unpaired) electrons. The number of hydrogen-bond acceptors (Lipinski definition) is 4. The Morgan fingerprint density at radius 3 is 1.23 bits per heavy atom. The first-order valence-electron chi connectivity index (χ1n) is 16.7. The fraction of sp³-hybridized carbons (Fsp3) is 0.350. The number of sulfone groups is 2. The van der Waals surface area contributed by atoms with E-state index in [-0.39, 0.29) is 22.6 Å². The number of hydrogen-bond donors (Lipinski definition) is 0. The van der Waals surface area contributed by atoms with Crippen LogP contribution in [-0.2, 0) is 71.0 Å². The van der Waals surface area contributed by atoms with Crippen LogP contribution in [-0.4, -0.2) is 27.6 Å². The molecule has 0 spiro atoms. The monoisotopic (exact) mass is 678 g/mol. The van der Waals surface area contributed by atoms with E-state index in [1.54, 1.807) is 48.5 Å². The smallest absolute Gasteiger partial charge is 0.296 e. The minimum Gasteiger partial charge on any atom is -0.296 e. The Balaban J connectivity index is 1.54. The second kappa shape index (κ2) is 15.3. The SMILES string of the molecule is [C-]#[N+]C(Cc1cc2c(CC([N+]#[C-])S(=O)(=O)c3ccc(CC)cc3)cc1CCCc1ccc(cc1)CCC2)S(=O)(=O)c1ccc(CC)cc1. The average Bonchev–Trinajstić information content (AvgIpc) is 3.10. The van der Waals surface area contributed by atoms with Gasteiger partial charge in [-0.2, -0.15) is 0 Å². The van der Waals surface area contributed by atoms with Gasteiger partial charge in [0.25, 0.3) is 19.7 Å². The van der Waals surface area contributed by atoms with Gasteiger partial charge in [0.05, 0.1) is 22.6 Å². The number of nitrogens with zero attached hydrogens (tertiary/aromatic N) is 2. The minimum atomic E-state index is -3.93. The molecule has 48 heavy (non-hydrogen) atoms. The first kappa shape index (κ1) is 35.1. The van der Waals surface area contributed by atoms with E-state index in [1.807, 2.05) is 26.0 Å².